The molecule has 1 aromatic rings. The monoisotopic (exact) mass is 319 g/mol. The molecule has 2 aliphatic carbocycles. The second-order valence-corrected chi connectivity index (χ2v) is 6.87. The molecule has 1 N–H and O–H groups in total. The average molecular weight is 319 g/mol. The van der Waals surface area contributed by atoms with Crippen molar-refractivity contribution in [2.45, 2.75) is 63.5 Å². The van der Waals surface area contributed by atoms with Crippen LogP contribution in [0.4, 0.5) is 4.39 Å². The van der Waals surface area contributed by atoms with Gasteiger partial charge in [-0.05, 0) is 50.7 Å². The van der Waals surface area contributed by atoms with Crippen molar-refractivity contribution >= 4 is 5.91 Å². The highest BCUT2D eigenvalue weighted by Crippen LogP contribution is 2.34. The Labute approximate surface area is 137 Å². The predicted molar refractivity (Wildman–Crippen MR) is 85.9 cm³/mol. The summed E-state index contributed by atoms with van der Waals surface area (Å²) in [5, 5.41) is 2.18. The first kappa shape index (κ1) is 14.9. The van der Waals surface area contributed by atoms with E-state index in [-0.39, 0.29) is 18.9 Å². The van der Waals surface area contributed by atoms with Gasteiger partial charge in [0.2, 0.25) is 0 Å². The summed E-state index contributed by atoms with van der Waals surface area (Å²) < 4.78 is 19.3. The molecule has 0 unspecified atom stereocenters. The molecular weight excluding hydrogens is 295 g/mol. The topological polar surface area (TPSA) is 41.6 Å². The van der Waals surface area contributed by atoms with Gasteiger partial charge in [0.15, 0.2) is 11.6 Å². The van der Waals surface area contributed by atoms with Gasteiger partial charge in [0, 0.05) is 23.2 Å². The Hall–Kier alpha value is -1.62. The summed E-state index contributed by atoms with van der Waals surface area (Å²) in [7, 11) is 0. The molecule has 5 heteroatoms. The Morgan fingerprint density at radius 3 is 2.48 bits per heavy atom. The summed E-state index contributed by atoms with van der Waals surface area (Å²) in [5.74, 6) is -0.223. The highest BCUT2D eigenvalue weighted by Gasteiger charge is 2.35. The second-order valence-electron chi connectivity index (χ2n) is 6.87. The zero-order valence-corrected chi connectivity index (χ0v) is 13.3. The van der Waals surface area contributed by atoms with Gasteiger partial charge in [-0.3, -0.25) is 10.2 Å². The molecule has 124 valence electrons. The summed E-state index contributed by atoms with van der Waals surface area (Å²) in [6.07, 6.45) is 8.62. The first-order valence-corrected chi connectivity index (χ1v) is 8.77. The van der Waals surface area contributed by atoms with Crippen LogP contribution < -0.4 is 10.2 Å². The van der Waals surface area contributed by atoms with Gasteiger partial charge in [-0.25, -0.2) is 9.40 Å². The van der Waals surface area contributed by atoms with Gasteiger partial charge in [-0.2, -0.15) is 0 Å². The van der Waals surface area contributed by atoms with Crippen molar-refractivity contribution in [3.05, 3.63) is 29.1 Å². The van der Waals surface area contributed by atoms with Gasteiger partial charge < -0.3 is 4.74 Å². The fraction of sp³-hybridized carbons (Fsp3) is 0.611. The zero-order chi connectivity index (χ0) is 15.8. The number of hydrogen-bond donors (Lipinski definition) is 1. The number of benzene rings is 1. The van der Waals surface area contributed by atoms with E-state index >= 15 is 0 Å². The number of fused-ring (bicyclic) bond motifs is 1. The van der Waals surface area contributed by atoms with Crippen LogP contribution in [0.3, 0.4) is 0 Å². The molecule has 3 aliphatic rings. The number of hydrogen-bond acceptors (Lipinski definition) is 3. The number of carbonyl (C=O) groups is 1. The Balaban J connectivity index is 0.00000169. The molecule has 1 heterocycles. The maximum Gasteiger partial charge on any atom is 1.00 e. The number of ether oxygens (including phenoxy) is 1. The van der Waals surface area contributed by atoms with Crippen molar-refractivity contribution in [1.29, 1.82) is 0 Å². The second kappa shape index (κ2) is 6.11. The van der Waals surface area contributed by atoms with Crippen LogP contribution in [0.1, 0.15) is 62.3 Å². The summed E-state index contributed by atoms with van der Waals surface area (Å²) >= 11 is 0. The number of halogens is 1. The quantitative estimate of drug-likeness (QED) is 0.866. The largest absolute Gasteiger partial charge is 1.00 e. The van der Waals surface area contributed by atoms with Crippen molar-refractivity contribution in [2.24, 2.45) is 0 Å². The van der Waals surface area contributed by atoms with Crippen molar-refractivity contribution in [1.82, 2.24) is 10.4 Å². The minimum absolute atomic E-state index is 0. The van der Waals surface area contributed by atoms with E-state index in [1.807, 2.05) is 0 Å². The van der Waals surface area contributed by atoms with Crippen LogP contribution in [0.15, 0.2) is 12.1 Å². The van der Waals surface area contributed by atoms with Crippen LogP contribution in [0, 0.1) is 5.82 Å². The molecule has 0 saturated heterocycles. The van der Waals surface area contributed by atoms with E-state index in [1.54, 1.807) is 6.07 Å². The van der Waals surface area contributed by atoms with E-state index in [2.05, 4.69) is 10.4 Å². The van der Waals surface area contributed by atoms with Crippen molar-refractivity contribution in [2.75, 3.05) is 6.61 Å². The molecule has 0 spiro atoms. The maximum atomic E-state index is 13.9. The molecule has 0 bridgehead atoms. The normalized spacial score (nSPS) is 21.1. The van der Waals surface area contributed by atoms with Crippen LogP contribution >= 0.6 is 0 Å². The van der Waals surface area contributed by atoms with Crippen LogP contribution in [0.5, 0.6) is 5.75 Å². The van der Waals surface area contributed by atoms with Crippen molar-refractivity contribution < 1.29 is 15.3 Å². The van der Waals surface area contributed by atoms with Gasteiger partial charge >= 0.3 is 1.43 Å². The first-order chi connectivity index (χ1) is 11.2. The Bertz CT molecular complexity index is 603. The molecule has 1 amide bonds. The molecular formula is C18H24FN2O2+. The lowest BCUT2D eigenvalue weighted by molar-refractivity contribution is -0.00276. The molecule has 0 radical (unpaired) electrons. The van der Waals surface area contributed by atoms with Gasteiger partial charge in [0.1, 0.15) is 0 Å². The van der Waals surface area contributed by atoms with Gasteiger partial charge in [-0.15, -0.1) is 0 Å². The number of rotatable bonds is 4. The minimum atomic E-state index is -0.369. The van der Waals surface area contributed by atoms with E-state index in [0.29, 0.717) is 30.7 Å². The summed E-state index contributed by atoms with van der Waals surface area (Å²) in [4.78, 5) is 12.8. The highest BCUT2D eigenvalue weighted by molar-refractivity contribution is 5.96. The minimum Gasteiger partial charge on any atom is -0.490 e. The smallest absolute Gasteiger partial charge is 0.490 e. The molecule has 0 aromatic heterocycles. The molecule has 2 fully saturated rings. The number of nitrogens with zero attached hydrogens (tertiary/aromatic N) is 1. The number of amides is 1. The van der Waals surface area contributed by atoms with Crippen molar-refractivity contribution in [3.63, 3.8) is 0 Å². The number of nitrogens with one attached hydrogen (secondary N) is 1. The molecule has 4 rings (SSSR count). The van der Waals surface area contributed by atoms with Crippen LogP contribution in [-0.2, 0) is 6.42 Å². The van der Waals surface area contributed by atoms with Crippen molar-refractivity contribution in [3.8, 4) is 5.75 Å². The molecule has 4 nitrogen and oxygen atoms in total. The Kier molecular flexibility index (Phi) is 3.97. The Morgan fingerprint density at radius 1 is 1.17 bits per heavy atom. The van der Waals surface area contributed by atoms with E-state index in [4.69, 9.17) is 4.74 Å². The highest BCUT2D eigenvalue weighted by atomic mass is 19.1. The van der Waals surface area contributed by atoms with E-state index < -0.39 is 0 Å². The fourth-order valence-corrected chi connectivity index (χ4v) is 3.63. The third-order valence-corrected chi connectivity index (χ3v) is 5.44. The van der Waals surface area contributed by atoms with Gasteiger partial charge in [0.05, 0.1) is 6.61 Å². The average Bonchev–Trinajstić information content (AvgIpc) is 2.44. The lowest BCUT2D eigenvalue weighted by Crippen LogP contribution is -2.58. The van der Waals surface area contributed by atoms with Crippen LogP contribution in [-0.4, -0.2) is 29.6 Å². The summed E-state index contributed by atoms with van der Waals surface area (Å²) in [6.45, 7) is 0.519. The van der Waals surface area contributed by atoms with Gasteiger partial charge in [-0.1, -0.05) is 12.8 Å². The predicted octanol–water partition coefficient (Wildman–Crippen LogP) is 3.32. The van der Waals surface area contributed by atoms with E-state index in [9.17, 15) is 9.18 Å². The Morgan fingerprint density at radius 2 is 1.87 bits per heavy atom. The molecule has 1 aromatic carbocycles. The molecule has 1 aliphatic heterocycles. The lowest BCUT2D eigenvalue weighted by Gasteiger charge is -2.45. The summed E-state index contributed by atoms with van der Waals surface area (Å²) in [5.41, 5.74) is 4.40. The van der Waals surface area contributed by atoms with Crippen LogP contribution in [0.25, 0.3) is 0 Å². The number of hydrazine groups is 1. The number of carbonyl (C=O) groups excluding carboxylic acids is 1. The zero-order valence-electron chi connectivity index (χ0n) is 14.3. The lowest BCUT2D eigenvalue weighted by atomic mass is 9.86. The van der Waals surface area contributed by atoms with E-state index in [1.165, 1.54) is 18.9 Å². The third kappa shape index (κ3) is 2.71. The van der Waals surface area contributed by atoms with Gasteiger partial charge in [0.25, 0.3) is 5.91 Å². The fourth-order valence-electron chi connectivity index (χ4n) is 3.63. The van der Waals surface area contributed by atoms with Crippen LogP contribution in [0.2, 0.25) is 0 Å². The third-order valence-electron chi connectivity index (χ3n) is 5.44. The molecule has 23 heavy (non-hydrogen) atoms. The first-order valence-electron chi connectivity index (χ1n) is 8.77. The molecule has 2 saturated carbocycles. The van der Waals surface area contributed by atoms with E-state index in [0.717, 1.165) is 37.7 Å². The summed E-state index contributed by atoms with van der Waals surface area (Å²) in [6, 6.07) is 3.88. The maximum absolute atomic E-state index is 13.9. The molecule has 0 atom stereocenters. The standard InChI is InChI=1S/C18H23FN2O2/c19-16-10-9-15(14-8-3-11-23-17(14)16)18(22)20-21(12-4-1-5-12)13-6-2-7-13/h9-10,12-13H,1-8,11H2,(H,20,22)/p+1. The SMILES string of the molecule is O=C(NN(C1CCC1)C1CCC1)c1ccc(F)c2c1CCCO2.[H+].